The molecule has 0 aromatic heterocycles. The molecule has 0 spiro atoms. The maximum atomic E-state index is 11.0. The molecule has 1 aliphatic heterocycles. The first kappa shape index (κ1) is 12.5. The Hall–Kier alpha value is -0.610. The fraction of sp³-hybridized carbons (Fsp3) is 0.909. The zero-order chi connectivity index (χ0) is 11.5. The monoisotopic (exact) mass is 214 g/mol. The maximum Gasteiger partial charge on any atom is 0.310 e. The number of carboxylic acids is 1. The van der Waals surface area contributed by atoms with Crippen molar-refractivity contribution in [3.8, 4) is 0 Å². The standard InChI is InChI=1S/C11H22N2O2/c1-11(2,10(14)15)8-13-5-4-9(7-13)6-12-3/h9,12H,4-8H2,1-3H3,(H,14,15). The van der Waals surface area contributed by atoms with Gasteiger partial charge in [-0.25, -0.2) is 0 Å². The van der Waals surface area contributed by atoms with Gasteiger partial charge in [0, 0.05) is 13.1 Å². The topological polar surface area (TPSA) is 52.6 Å². The fourth-order valence-electron chi connectivity index (χ4n) is 2.14. The Balaban J connectivity index is 2.38. The summed E-state index contributed by atoms with van der Waals surface area (Å²) in [5.74, 6) is -0.0286. The summed E-state index contributed by atoms with van der Waals surface area (Å²) < 4.78 is 0. The van der Waals surface area contributed by atoms with Crippen molar-refractivity contribution in [1.82, 2.24) is 10.2 Å². The van der Waals surface area contributed by atoms with Crippen molar-refractivity contribution in [1.29, 1.82) is 0 Å². The number of carbonyl (C=O) groups is 1. The molecule has 1 heterocycles. The van der Waals surface area contributed by atoms with Gasteiger partial charge in [-0.2, -0.15) is 0 Å². The molecule has 0 aromatic rings. The zero-order valence-corrected chi connectivity index (χ0v) is 9.92. The molecular formula is C11H22N2O2. The minimum atomic E-state index is -0.709. The van der Waals surface area contributed by atoms with Crippen molar-refractivity contribution in [2.75, 3.05) is 33.2 Å². The molecule has 1 atom stereocenters. The first-order chi connectivity index (χ1) is 6.95. The van der Waals surface area contributed by atoms with Crippen molar-refractivity contribution in [2.24, 2.45) is 11.3 Å². The first-order valence-electron chi connectivity index (χ1n) is 5.56. The highest BCUT2D eigenvalue weighted by Crippen LogP contribution is 2.22. The van der Waals surface area contributed by atoms with Crippen LogP contribution >= 0.6 is 0 Å². The molecule has 0 aliphatic carbocycles. The van der Waals surface area contributed by atoms with E-state index in [1.807, 2.05) is 7.05 Å². The zero-order valence-electron chi connectivity index (χ0n) is 9.92. The smallest absolute Gasteiger partial charge is 0.310 e. The molecule has 0 amide bonds. The lowest BCUT2D eigenvalue weighted by molar-refractivity contribution is -0.147. The number of nitrogens with one attached hydrogen (secondary N) is 1. The molecule has 0 aromatic carbocycles. The summed E-state index contributed by atoms with van der Waals surface area (Å²) in [6.07, 6.45) is 1.18. The van der Waals surface area contributed by atoms with Crippen LogP contribution in [0, 0.1) is 11.3 Å². The van der Waals surface area contributed by atoms with Gasteiger partial charge in [0.2, 0.25) is 0 Å². The molecular weight excluding hydrogens is 192 g/mol. The summed E-state index contributed by atoms with van der Waals surface area (Å²) in [6, 6.07) is 0. The number of likely N-dealkylation sites (tertiary alicyclic amines) is 1. The van der Waals surface area contributed by atoms with Gasteiger partial charge >= 0.3 is 5.97 Å². The van der Waals surface area contributed by atoms with E-state index in [4.69, 9.17) is 5.11 Å². The summed E-state index contributed by atoms with van der Waals surface area (Å²) >= 11 is 0. The number of hydrogen-bond donors (Lipinski definition) is 2. The Bertz CT molecular complexity index is 229. The minimum Gasteiger partial charge on any atom is -0.481 e. The van der Waals surface area contributed by atoms with E-state index in [0.29, 0.717) is 12.5 Å². The predicted octanol–water partition coefficient (Wildman–Crippen LogP) is 0.639. The van der Waals surface area contributed by atoms with Crippen molar-refractivity contribution < 1.29 is 9.90 Å². The second kappa shape index (κ2) is 4.94. The van der Waals surface area contributed by atoms with E-state index >= 15 is 0 Å². The van der Waals surface area contributed by atoms with Gasteiger partial charge in [-0.3, -0.25) is 4.79 Å². The second-order valence-corrected chi connectivity index (χ2v) is 5.14. The Morgan fingerprint density at radius 1 is 1.60 bits per heavy atom. The van der Waals surface area contributed by atoms with Crippen LogP contribution in [-0.4, -0.2) is 49.2 Å². The van der Waals surface area contributed by atoms with E-state index in [1.54, 1.807) is 13.8 Å². The summed E-state index contributed by atoms with van der Waals surface area (Å²) in [6.45, 7) is 7.33. The van der Waals surface area contributed by atoms with Gasteiger partial charge < -0.3 is 15.3 Å². The van der Waals surface area contributed by atoms with E-state index in [9.17, 15) is 4.79 Å². The highest BCUT2D eigenvalue weighted by atomic mass is 16.4. The third kappa shape index (κ3) is 3.47. The van der Waals surface area contributed by atoms with E-state index < -0.39 is 11.4 Å². The molecule has 2 N–H and O–H groups in total. The Morgan fingerprint density at radius 3 is 2.80 bits per heavy atom. The predicted molar refractivity (Wildman–Crippen MR) is 59.9 cm³/mol. The largest absolute Gasteiger partial charge is 0.481 e. The van der Waals surface area contributed by atoms with E-state index in [-0.39, 0.29) is 0 Å². The SMILES string of the molecule is CNCC1CCN(CC(C)(C)C(=O)O)C1. The van der Waals surface area contributed by atoms with Gasteiger partial charge in [0.25, 0.3) is 0 Å². The highest BCUT2D eigenvalue weighted by Gasteiger charge is 2.32. The third-order valence-electron chi connectivity index (χ3n) is 3.06. The molecule has 15 heavy (non-hydrogen) atoms. The summed E-state index contributed by atoms with van der Waals surface area (Å²) in [4.78, 5) is 13.2. The lowest BCUT2D eigenvalue weighted by atomic mass is 9.93. The van der Waals surface area contributed by atoms with Crippen LogP contribution in [0.5, 0.6) is 0 Å². The van der Waals surface area contributed by atoms with Crippen molar-refractivity contribution >= 4 is 5.97 Å². The van der Waals surface area contributed by atoms with E-state index in [0.717, 1.165) is 19.6 Å². The summed E-state index contributed by atoms with van der Waals surface area (Å²) in [5.41, 5.74) is -0.630. The molecule has 0 saturated carbocycles. The molecule has 1 aliphatic rings. The van der Waals surface area contributed by atoms with E-state index in [2.05, 4.69) is 10.2 Å². The summed E-state index contributed by atoms with van der Waals surface area (Å²) in [7, 11) is 1.96. The van der Waals surface area contributed by atoms with Crippen LogP contribution in [0.25, 0.3) is 0 Å². The van der Waals surface area contributed by atoms with Gasteiger partial charge in [0.15, 0.2) is 0 Å². The molecule has 0 bridgehead atoms. The number of hydrogen-bond acceptors (Lipinski definition) is 3. The third-order valence-corrected chi connectivity index (χ3v) is 3.06. The van der Waals surface area contributed by atoms with Crippen molar-refractivity contribution in [3.05, 3.63) is 0 Å². The Labute approximate surface area is 91.6 Å². The van der Waals surface area contributed by atoms with Crippen LogP contribution in [0.2, 0.25) is 0 Å². The van der Waals surface area contributed by atoms with E-state index in [1.165, 1.54) is 6.42 Å². The minimum absolute atomic E-state index is 0.630. The molecule has 88 valence electrons. The lowest BCUT2D eigenvalue weighted by Crippen LogP contribution is -2.38. The van der Waals surface area contributed by atoms with Crippen LogP contribution in [0.1, 0.15) is 20.3 Å². The van der Waals surface area contributed by atoms with Crippen molar-refractivity contribution in [2.45, 2.75) is 20.3 Å². The Kier molecular flexibility index (Phi) is 4.11. The average molecular weight is 214 g/mol. The van der Waals surface area contributed by atoms with Crippen LogP contribution in [0.3, 0.4) is 0 Å². The number of nitrogens with zero attached hydrogens (tertiary/aromatic N) is 1. The molecule has 4 nitrogen and oxygen atoms in total. The van der Waals surface area contributed by atoms with Crippen molar-refractivity contribution in [3.63, 3.8) is 0 Å². The highest BCUT2D eigenvalue weighted by molar-refractivity contribution is 5.73. The lowest BCUT2D eigenvalue weighted by Gasteiger charge is -2.26. The average Bonchev–Trinajstić information content (AvgIpc) is 2.52. The van der Waals surface area contributed by atoms with Gasteiger partial charge in [0.05, 0.1) is 5.41 Å². The molecule has 1 fully saturated rings. The summed E-state index contributed by atoms with van der Waals surface area (Å²) in [5, 5.41) is 12.2. The second-order valence-electron chi connectivity index (χ2n) is 5.14. The molecule has 1 unspecified atom stereocenters. The van der Waals surface area contributed by atoms with Crippen LogP contribution in [0.15, 0.2) is 0 Å². The van der Waals surface area contributed by atoms with Gasteiger partial charge in [-0.05, 0) is 46.3 Å². The van der Waals surface area contributed by atoms with Crippen LogP contribution in [0.4, 0.5) is 0 Å². The molecule has 0 radical (unpaired) electrons. The van der Waals surface area contributed by atoms with Gasteiger partial charge in [0.1, 0.15) is 0 Å². The maximum absolute atomic E-state index is 11.0. The number of rotatable bonds is 5. The first-order valence-corrected chi connectivity index (χ1v) is 5.56. The fourth-order valence-corrected chi connectivity index (χ4v) is 2.14. The van der Waals surface area contributed by atoms with Gasteiger partial charge in [-0.1, -0.05) is 0 Å². The van der Waals surface area contributed by atoms with Crippen LogP contribution < -0.4 is 5.32 Å². The van der Waals surface area contributed by atoms with Crippen LogP contribution in [-0.2, 0) is 4.79 Å². The quantitative estimate of drug-likeness (QED) is 0.705. The Morgan fingerprint density at radius 2 is 2.27 bits per heavy atom. The molecule has 1 saturated heterocycles. The van der Waals surface area contributed by atoms with Gasteiger partial charge in [-0.15, -0.1) is 0 Å². The normalized spacial score (nSPS) is 23.3. The number of aliphatic carboxylic acids is 1. The molecule has 4 heteroatoms. The number of carboxylic acid groups (broad SMARTS) is 1. The molecule has 1 rings (SSSR count).